The molecule has 0 spiro atoms. The summed E-state index contributed by atoms with van der Waals surface area (Å²) in [5, 5.41) is 1.32. The highest BCUT2D eigenvalue weighted by atomic mass is 31.1. The van der Waals surface area contributed by atoms with Crippen molar-refractivity contribution in [3.05, 3.63) is 0 Å². The first-order valence-electron chi connectivity index (χ1n) is 2.94. The van der Waals surface area contributed by atoms with Crippen molar-refractivity contribution in [3.63, 3.8) is 0 Å². The molecule has 0 bridgehead atoms. The number of amides is 1. The average molecular weight is 220 g/mol. The highest BCUT2D eigenvalue weighted by Gasteiger charge is 2.40. The Kier molecular flexibility index (Phi) is 4.25. The fourth-order valence-corrected chi connectivity index (χ4v) is 0.751. The molecule has 2 N–H and O–H groups in total. The van der Waals surface area contributed by atoms with Crippen molar-refractivity contribution in [2.24, 2.45) is 0 Å². The summed E-state index contributed by atoms with van der Waals surface area (Å²) in [6.45, 7) is 0.993. The molecule has 0 aliphatic rings. The Bertz CT molecular complexity index is 218. The highest BCUT2D eigenvalue weighted by Crippen LogP contribution is 2.18. The summed E-state index contributed by atoms with van der Waals surface area (Å²) >= 11 is 0. The largest absolute Gasteiger partial charge is 0.696 e. The SMILES string of the molecule is CC(NC(=O)C(F)(F)F)O[P+](=O)O. The van der Waals surface area contributed by atoms with Crippen molar-refractivity contribution in [2.75, 3.05) is 0 Å². The Hall–Kier alpha value is -0.720. The highest BCUT2D eigenvalue weighted by molar-refractivity contribution is 7.32. The molecule has 13 heavy (non-hydrogen) atoms. The van der Waals surface area contributed by atoms with E-state index in [1.165, 1.54) is 5.32 Å². The molecule has 0 saturated carbocycles. The lowest BCUT2D eigenvalue weighted by atomic mass is 10.5. The van der Waals surface area contributed by atoms with Gasteiger partial charge >= 0.3 is 20.3 Å². The first-order valence-corrected chi connectivity index (χ1v) is 4.07. The molecule has 5 nitrogen and oxygen atoms in total. The molecule has 0 aromatic rings. The van der Waals surface area contributed by atoms with Crippen LogP contribution in [0.15, 0.2) is 0 Å². The number of alkyl halides is 3. The molecule has 9 heteroatoms. The number of halogens is 3. The zero-order chi connectivity index (χ0) is 10.6. The molecule has 0 radical (unpaired) electrons. The van der Waals surface area contributed by atoms with E-state index in [0.29, 0.717) is 0 Å². The van der Waals surface area contributed by atoms with E-state index in [4.69, 9.17) is 4.89 Å². The summed E-state index contributed by atoms with van der Waals surface area (Å²) < 4.78 is 48.5. The zero-order valence-corrected chi connectivity index (χ0v) is 7.22. The lowest BCUT2D eigenvalue weighted by molar-refractivity contribution is -0.175. The van der Waals surface area contributed by atoms with Gasteiger partial charge in [0.05, 0.1) is 0 Å². The van der Waals surface area contributed by atoms with Crippen molar-refractivity contribution in [3.8, 4) is 0 Å². The van der Waals surface area contributed by atoms with Crippen LogP contribution in [0.1, 0.15) is 6.92 Å². The summed E-state index contributed by atoms with van der Waals surface area (Å²) in [6.07, 6.45) is -6.50. The van der Waals surface area contributed by atoms with Gasteiger partial charge in [-0.15, -0.1) is 4.89 Å². The van der Waals surface area contributed by atoms with Crippen LogP contribution < -0.4 is 5.32 Å². The first kappa shape index (κ1) is 12.3. The van der Waals surface area contributed by atoms with Gasteiger partial charge in [-0.05, 0) is 6.92 Å². The molecule has 0 saturated heterocycles. The lowest BCUT2D eigenvalue weighted by Gasteiger charge is -2.09. The fraction of sp³-hybridized carbons (Fsp3) is 0.750. The molecule has 2 atom stereocenters. The van der Waals surface area contributed by atoms with Crippen molar-refractivity contribution in [1.82, 2.24) is 5.32 Å². The van der Waals surface area contributed by atoms with Crippen LogP contribution in [0.5, 0.6) is 0 Å². The third kappa shape index (κ3) is 5.51. The number of hydrogen-bond donors (Lipinski definition) is 2. The predicted octanol–water partition coefficient (Wildman–Crippen LogP) is 0.677. The van der Waals surface area contributed by atoms with Gasteiger partial charge in [0.25, 0.3) is 0 Å². The van der Waals surface area contributed by atoms with Crippen LogP contribution >= 0.6 is 8.25 Å². The van der Waals surface area contributed by atoms with Gasteiger partial charge in [0.1, 0.15) is 0 Å². The van der Waals surface area contributed by atoms with Crippen LogP contribution in [0.4, 0.5) is 13.2 Å². The second-order valence-corrected chi connectivity index (χ2v) is 2.64. The standard InChI is InChI=1S/C4H5F3NO4P/c1-2(12-13(10)11)8-3(9)4(5,6)7/h2H,1H3,(H-,8,9,10,11)/p+1. The number of carbonyl (C=O) groups is 1. The summed E-state index contributed by atoms with van der Waals surface area (Å²) in [6, 6.07) is 0. The van der Waals surface area contributed by atoms with Crippen LogP contribution in [0.25, 0.3) is 0 Å². The minimum Gasteiger partial charge on any atom is -0.319 e. The summed E-state index contributed by atoms with van der Waals surface area (Å²) in [4.78, 5) is 18.3. The van der Waals surface area contributed by atoms with Crippen LogP contribution in [0.3, 0.4) is 0 Å². The van der Waals surface area contributed by atoms with Gasteiger partial charge in [0, 0.05) is 4.57 Å². The summed E-state index contributed by atoms with van der Waals surface area (Å²) in [5.41, 5.74) is 0. The van der Waals surface area contributed by atoms with Gasteiger partial charge < -0.3 is 5.32 Å². The van der Waals surface area contributed by atoms with E-state index in [0.717, 1.165) is 6.92 Å². The fourth-order valence-electron chi connectivity index (χ4n) is 0.428. The molecule has 2 unspecified atom stereocenters. The maximum Gasteiger partial charge on any atom is 0.696 e. The van der Waals surface area contributed by atoms with E-state index in [1.807, 2.05) is 0 Å². The number of rotatable bonds is 3. The molecule has 0 heterocycles. The molecular weight excluding hydrogens is 214 g/mol. The molecular formula is C4H6F3NO4P+. The van der Waals surface area contributed by atoms with Crippen molar-refractivity contribution in [2.45, 2.75) is 19.3 Å². The Labute approximate surface area is 71.8 Å². The van der Waals surface area contributed by atoms with E-state index in [9.17, 15) is 22.5 Å². The first-order chi connectivity index (χ1) is 5.73. The number of hydrogen-bond acceptors (Lipinski definition) is 3. The quantitative estimate of drug-likeness (QED) is 0.541. The molecule has 0 aromatic heterocycles. The van der Waals surface area contributed by atoms with Crippen LogP contribution in [0, 0.1) is 0 Å². The Morgan fingerprint density at radius 2 is 2.08 bits per heavy atom. The van der Waals surface area contributed by atoms with Gasteiger partial charge in [-0.3, -0.25) is 4.79 Å². The molecule has 0 aliphatic heterocycles. The van der Waals surface area contributed by atoms with E-state index in [1.54, 1.807) is 0 Å². The van der Waals surface area contributed by atoms with E-state index >= 15 is 0 Å². The minimum absolute atomic E-state index is 0.993. The monoisotopic (exact) mass is 220 g/mol. The van der Waals surface area contributed by atoms with Gasteiger partial charge in [-0.1, -0.05) is 4.52 Å². The maximum atomic E-state index is 11.5. The zero-order valence-electron chi connectivity index (χ0n) is 6.33. The molecule has 0 aliphatic carbocycles. The molecule has 1 amide bonds. The number of carbonyl (C=O) groups excluding carboxylic acids is 1. The van der Waals surface area contributed by atoms with Gasteiger partial charge in [0.2, 0.25) is 0 Å². The summed E-state index contributed by atoms with van der Waals surface area (Å²) in [5.74, 6) is -2.23. The Morgan fingerprint density at radius 3 is 2.38 bits per heavy atom. The molecule has 0 fully saturated rings. The number of nitrogens with one attached hydrogen (secondary N) is 1. The van der Waals surface area contributed by atoms with Crippen molar-refractivity contribution in [1.29, 1.82) is 0 Å². The van der Waals surface area contributed by atoms with Crippen molar-refractivity contribution >= 4 is 14.2 Å². The van der Waals surface area contributed by atoms with Crippen LogP contribution in [-0.4, -0.2) is 23.2 Å². The minimum atomic E-state index is -5.03. The van der Waals surface area contributed by atoms with Gasteiger partial charge in [0.15, 0.2) is 6.23 Å². The second kappa shape index (κ2) is 4.50. The third-order valence-electron chi connectivity index (χ3n) is 0.840. The maximum absolute atomic E-state index is 11.5. The lowest BCUT2D eigenvalue weighted by Crippen LogP contribution is -2.42. The molecule has 0 aromatic carbocycles. The van der Waals surface area contributed by atoms with Gasteiger partial charge in [-0.2, -0.15) is 13.2 Å². The second-order valence-electron chi connectivity index (χ2n) is 1.96. The average Bonchev–Trinajstić information content (AvgIpc) is 1.82. The topological polar surface area (TPSA) is 75.6 Å². The van der Waals surface area contributed by atoms with Crippen LogP contribution in [0.2, 0.25) is 0 Å². The van der Waals surface area contributed by atoms with Crippen molar-refractivity contribution < 1.29 is 31.9 Å². The van der Waals surface area contributed by atoms with Crippen LogP contribution in [-0.2, 0) is 13.9 Å². The summed E-state index contributed by atoms with van der Waals surface area (Å²) in [7, 11) is -3.04. The van der Waals surface area contributed by atoms with E-state index in [2.05, 4.69) is 4.52 Å². The van der Waals surface area contributed by atoms with E-state index in [-0.39, 0.29) is 0 Å². The van der Waals surface area contributed by atoms with E-state index < -0.39 is 26.6 Å². The van der Waals surface area contributed by atoms with Gasteiger partial charge in [-0.25, -0.2) is 0 Å². The molecule has 76 valence electrons. The third-order valence-corrected chi connectivity index (χ3v) is 1.34. The molecule has 0 rings (SSSR count). The normalized spacial score (nSPS) is 15.0. The smallest absolute Gasteiger partial charge is 0.319 e. The predicted molar refractivity (Wildman–Crippen MR) is 34.6 cm³/mol. The Morgan fingerprint density at radius 1 is 1.62 bits per heavy atom. The Balaban J connectivity index is 4.00.